The third-order valence-corrected chi connectivity index (χ3v) is 5.09. The van der Waals surface area contributed by atoms with Crippen molar-refractivity contribution in [3.05, 3.63) is 58.1 Å². The molecule has 0 radical (unpaired) electrons. The number of anilines is 1. The lowest BCUT2D eigenvalue weighted by Gasteiger charge is -2.18. The van der Waals surface area contributed by atoms with E-state index >= 15 is 0 Å². The zero-order chi connectivity index (χ0) is 19.3. The number of hydrogen-bond acceptors (Lipinski definition) is 6. The van der Waals surface area contributed by atoms with Crippen molar-refractivity contribution in [1.29, 1.82) is 0 Å². The number of amides is 1. The van der Waals surface area contributed by atoms with Gasteiger partial charge in [0, 0.05) is 31.5 Å². The van der Waals surface area contributed by atoms with Crippen LogP contribution < -0.4 is 20.4 Å². The molecule has 4 rings (SSSR count). The zero-order valence-corrected chi connectivity index (χ0v) is 15.7. The summed E-state index contributed by atoms with van der Waals surface area (Å²) < 4.78 is 16.3. The number of fused-ring (bicyclic) bond motifs is 1. The number of benzene rings is 1. The lowest BCUT2D eigenvalue weighted by Crippen LogP contribution is -2.35. The summed E-state index contributed by atoms with van der Waals surface area (Å²) in [5, 5.41) is 2.76. The minimum atomic E-state index is -0.291. The van der Waals surface area contributed by atoms with E-state index in [0.29, 0.717) is 18.8 Å². The summed E-state index contributed by atoms with van der Waals surface area (Å²) >= 11 is 0. The second-order valence-electron chi connectivity index (χ2n) is 7.10. The molecule has 1 saturated heterocycles. The van der Waals surface area contributed by atoms with Gasteiger partial charge in [-0.3, -0.25) is 9.59 Å². The number of nitrogens with zero attached hydrogens (tertiary/aromatic N) is 1. The van der Waals surface area contributed by atoms with Crippen molar-refractivity contribution in [2.24, 2.45) is 0 Å². The highest BCUT2D eigenvalue weighted by atomic mass is 16.5. The molecule has 2 aliphatic heterocycles. The SMILES string of the molecule is O=C(COc1coc(CN2CCc3ccccc32)cc1=O)NC[C@H]1CCCO1. The molecule has 2 aliphatic rings. The van der Waals surface area contributed by atoms with Gasteiger partial charge in [0.1, 0.15) is 12.0 Å². The van der Waals surface area contributed by atoms with Crippen LogP contribution in [0, 0.1) is 0 Å². The van der Waals surface area contributed by atoms with Crippen molar-refractivity contribution >= 4 is 11.6 Å². The Bertz CT molecular complexity index is 888. The van der Waals surface area contributed by atoms with Crippen LogP contribution in [0.4, 0.5) is 5.69 Å². The Kier molecular flexibility index (Phi) is 5.62. The van der Waals surface area contributed by atoms with Crippen LogP contribution in [-0.4, -0.2) is 38.3 Å². The summed E-state index contributed by atoms with van der Waals surface area (Å²) in [7, 11) is 0. The smallest absolute Gasteiger partial charge is 0.258 e. The molecule has 0 aliphatic carbocycles. The van der Waals surface area contributed by atoms with Gasteiger partial charge < -0.3 is 24.1 Å². The van der Waals surface area contributed by atoms with Crippen molar-refractivity contribution in [3.8, 4) is 5.75 Å². The van der Waals surface area contributed by atoms with E-state index in [-0.39, 0.29) is 29.8 Å². The average Bonchev–Trinajstić information content (AvgIpc) is 3.36. The Morgan fingerprint density at radius 3 is 3.04 bits per heavy atom. The highest BCUT2D eigenvalue weighted by Crippen LogP contribution is 2.28. The van der Waals surface area contributed by atoms with Crippen molar-refractivity contribution in [1.82, 2.24) is 5.32 Å². The average molecular weight is 384 g/mol. The predicted octanol–water partition coefficient (Wildman–Crippen LogP) is 1.88. The van der Waals surface area contributed by atoms with Crippen molar-refractivity contribution in [2.75, 3.05) is 31.2 Å². The Morgan fingerprint density at radius 1 is 1.32 bits per heavy atom. The van der Waals surface area contributed by atoms with Gasteiger partial charge in [0.05, 0.1) is 12.6 Å². The van der Waals surface area contributed by atoms with Gasteiger partial charge >= 0.3 is 0 Å². The number of ether oxygens (including phenoxy) is 2. The highest BCUT2D eigenvalue weighted by molar-refractivity contribution is 5.77. The molecule has 0 saturated carbocycles. The lowest BCUT2D eigenvalue weighted by molar-refractivity contribution is -0.123. The van der Waals surface area contributed by atoms with Gasteiger partial charge in [-0.25, -0.2) is 0 Å². The number of nitrogens with one attached hydrogen (secondary N) is 1. The molecule has 1 atom stereocenters. The summed E-state index contributed by atoms with van der Waals surface area (Å²) in [5.74, 6) is 0.322. The molecule has 3 heterocycles. The summed E-state index contributed by atoms with van der Waals surface area (Å²) in [6, 6.07) is 9.67. The fourth-order valence-corrected chi connectivity index (χ4v) is 3.61. The molecule has 0 unspecified atom stereocenters. The van der Waals surface area contributed by atoms with Crippen LogP contribution in [0.25, 0.3) is 0 Å². The van der Waals surface area contributed by atoms with Gasteiger partial charge in [-0.2, -0.15) is 0 Å². The molecule has 2 aromatic rings. The molecule has 28 heavy (non-hydrogen) atoms. The minimum absolute atomic E-state index is 0.0397. The number of carbonyl (C=O) groups excluding carboxylic acids is 1. The summed E-state index contributed by atoms with van der Waals surface area (Å²) in [6.45, 7) is 2.40. The van der Waals surface area contributed by atoms with Crippen LogP contribution in [-0.2, 0) is 22.5 Å². The molecule has 1 aromatic carbocycles. The number of rotatable bonds is 7. The van der Waals surface area contributed by atoms with Crippen LogP contribution in [0.3, 0.4) is 0 Å². The van der Waals surface area contributed by atoms with Gasteiger partial charge in [-0.1, -0.05) is 18.2 Å². The molecule has 0 spiro atoms. The molecule has 7 heteroatoms. The van der Waals surface area contributed by atoms with E-state index in [1.165, 1.54) is 23.6 Å². The largest absolute Gasteiger partial charge is 0.477 e. The zero-order valence-electron chi connectivity index (χ0n) is 15.7. The monoisotopic (exact) mass is 384 g/mol. The van der Waals surface area contributed by atoms with Crippen LogP contribution in [0.2, 0.25) is 0 Å². The fourth-order valence-electron chi connectivity index (χ4n) is 3.61. The van der Waals surface area contributed by atoms with Crippen molar-refractivity contribution in [2.45, 2.75) is 31.9 Å². The van der Waals surface area contributed by atoms with E-state index in [1.807, 2.05) is 12.1 Å². The van der Waals surface area contributed by atoms with Crippen molar-refractivity contribution in [3.63, 3.8) is 0 Å². The maximum atomic E-state index is 12.3. The maximum absolute atomic E-state index is 12.3. The first-order valence-electron chi connectivity index (χ1n) is 9.65. The topological polar surface area (TPSA) is 81.0 Å². The molecule has 1 N–H and O–H groups in total. The van der Waals surface area contributed by atoms with E-state index in [4.69, 9.17) is 13.9 Å². The maximum Gasteiger partial charge on any atom is 0.258 e. The first kappa shape index (κ1) is 18.6. The van der Waals surface area contributed by atoms with Crippen LogP contribution in [0.5, 0.6) is 5.75 Å². The third kappa shape index (κ3) is 4.36. The second kappa shape index (κ2) is 8.48. The summed E-state index contributed by atoms with van der Waals surface area (Å²) in [5.41, 5.74) is 2.19. The van der Waals surface area contributed by atoms with Gasteiger partial charge in [0.15, 0.2) is 6.61 Å². The summed E-state index contributed by atoms with van der Waals surface area (Å²) in [6.07, 6.45) is 4.32. The van der Waals surface area contributed by atoms with Gasteiger partial charge in [-0.15, -0.1) is 0 Å². The molecular formula is C21H24N2O5. The van der Waals surface area contributed by atoms with Crippen molar-refractivity contribution < 1.29 is 18.7 Å². The number of hydrogen-bond donors (Lipinski definition) is 1. The molecule has 7 nitrogen and oxygen atoms in total. The molecule has 0 bridgehead atoms. The Hall–Kier alpha value is -2.80. The minimum Gasteiger partial charge on any atom is -0.477 e. The first-order chi connectivity index (χ1) is 13.7. The van der Waals surface area contributed by atoms with Gasteiger partial charge in [-0.05, 0) is 30.9 Å². The van der Waals surface area contributed by atoms with E-state index in [9.17, 15) is 9.59 Å². The Labute approximate surface area is 163 Å². The highest BCUT2D eigenvalue weighted by Gasteiger charge is 2.20. The third-order valence-electron chi connectivity index (χ3n) is 5.09. The first-order valence-corrected chi connectivity index (χ1v) is 9.65. The van der Waals surface area contributed by atoms with E-state index in [0.717, 1.165) is 32.4 Å². The predicted molar refractivity (Wildman–Crippen MR) is 104 cm³/mol. The van der Waals surface area contributed by atoms with Crippen LogP contribution in [0.1, 0.15) is 24.2 Å². The molecule has 1 fully saturated rings. The Balaban J connectivity index is 1.29. The molecule has 1 aromatic heterocycles. The fraction of sp³-hybridized carbons (Fsp3) is 0.429. The molecule has 148 valence electrons. The lowest BCUT2D eigenvalue weighted by atomic mass is 10.2. The van der Waals surface area contributed by atoms with Crippen LogP contribution >= 0.6 is 0 Å². The molecule has 1 amide bonds. The molecular weight excluding hydrogens is 360 g/mol. The van der Waals surface area contributed by atoms with Gasteiger partial charge in [0.2, 0.25) is 11.2 Å². The summed E-state index contributed by atoms with van der Waals surface area (Å²) in [4.78, 5) is 26.3. The normalized spacial score (nSPS) is 18.1. The second-order valence-corrected chi connectivity index (χ2v) is 7.10. The standard InChI is InChI=1S/C21H24N2O5/c24-19-10-17(12-23-8-7-15-4-1-2-6-18(15)23)27-13-20(19)28-14-21(25)22-11-16-5-3-9-26-16/h1-2,4,6,10,13,16H,3,5,7-9,11-12,14H2,(H,22,25)/t16-/m1/s1. The van der Waals surface area contributed by atoms with Gasteiger partial charge in [0.25, 0.3) is 5.91 Å². The quantitative estimate of drug-likeness (QED) is 0.785. The van der Waals surface area contributed by atoms with E-state index in [2.05, 4.69) is 22.3 Å². The van der Waals surface area contributed by atoms with E-state index < -0.39 is 0 Å². The van der Waals surface area contributed by atoms with E-state index in [1.54, 1.807) is 0 Å². The number of carbonyl (C=O) groups is 1. The van der Waals surface area contributed by atoms with Crippen LogP contribution in [0.15, 0.2) is 45.8 Å². The Morgan fingerprint density at radius 2 is 2.21 bits per heavy atom. The number of para-hydroxylation sites is 1.